The Balaban J connectivity index is 1.57. The van der Waals surface area contributed by atoms with E-state index in [0.717, 1.165) is 29.7 Å². The Labute approximate surface area is 187 Å². The average Bonchev–Trinajstić information content (AvgIpc) is 3.32. The number of carbonyl (C=O) groups is 1. The van der Waals surface area contributed by atoms with Gasteiger partial charge in [-0.15, -0.1) is 0 Å². The van der Waals surface area contributed by atoms with Crippen LogP contribution in [0.15, 0.2) is 53.6 Å². The lowest BCUT2D eigenvalue weighted by Crippen LogP contribution is -2.18. The molecule has 0 atom stereocenters. The van der Waals surface area contributed by atoms with Crippen LogP contribution in [0.5, 0.6) is 17.2 Å². The summed E-state index contributed by atoms with van der Waals surface area (Å²) in [6.07, 6.45) is 4.90. The SMILES string of the molecule is CCCCCOc1ccc(-c2cc(C(=O)N/N=C/c3ccc(OC)c(OC)c3)[nH]n2)cc1. The van der Waals surface area contributed by atoms with E-state index in [4.69, 9.17) is 14.2 Å². The summed E-state index contributed by atoms with van der Waals surface area (Å²) in [5.41, 5.74) is 5.10. The number of carbonyl (C=O) groups excluding carboxylic acids is 1. The Kier molecular flexibility index (Phi) is 8.25. The Morgan fingerprint density at radius 3 is 2.56 bits per heavy atom. The van der Waals surface area contributed by atoms with Gasteiger partial charge in [0.15, 0.2) is 11.5 Å². The normalized spacial score (nSPS) is 10.8. The van der Waals surface area contributed by atoms with Crippen molar-refractivity contribution in [3.05, 3.63) is 59.8 Å². The van der Waals surface area contributed by atoms with Crippen LogP contribution in [0.1, 0.15) is 42.2 Å². The minimum absolute atomic E-state index is 0.310. The minimum Gasteiger partial charge on any atom is -0.494 e. The number of rotatable bonds is 11. The zero-order valence-corrected chi connectivity index (χ0v) is 18.6. The summed E-state index contributed by atoms with van der Waals surface area (Å²) in [7, 11) is 3.13. The highest BCUT2D eigenvalue weighted by molar-refractivity contribution is 5.94. The van der Waals surface area contributed by atoms with E-state index in [0.29, 0.717) is 29.5 Å². The molecule has 0 radical (unpaired) electrons. The quantitative estimate of drug-likeness (QED) is 0.263. The monoisotopic (exact) mass is 436 g/mol. The van der Waals surface area contributed by atoms with Crippen LogP contribution >= 0.6 is 0 Å². The molecule has 32 heavy (non-hydrogen) atoms. The number of hydrazone groups is 1. The first-order valence-corrected chi connectivity index (χ1v) is 10.5. The molecule has 8 nitrogen and oxygen atoms in total. The van der Waals surface area contributed by atoms with Crippen molar-refractivity contribution < 1.29 is 19.0 Å². The number of hydrogen-bond donors (Lipinski definition) is 2. The van der Waals surface area contributed by atoms with Gasteiger partial charge in [-0.1, -0.05) is 19.8 Å². The minimum atomic E-state index is -0.392. The molecule has 0 saturated heterocycles. The second kappa shape index (κ2) is 11.5. The van der Waals surface area contributed by atoms with E-state index in [9.17, 15) is 4.79 Å². The van der Waals surface area contributed by atoms with Gasteiger partial charge in [-0.2, -0.15) is 10.2 Å². The maximum absolute atomic E-state index is 12.4. The molecule has 0 aliphatic carbocycles. The average molecular weight is 437 g/mol. The third kappa shape index (κ3) is 6.10. The van der Waals surface area contributed by atoms with E-state index in [-0.39, 0.29) is 0 Å². The Morgan fingerprint density at radius 1 is 1.06 bits per heavy atom. The molecule has 1 aromatic heterocycles. The van der Waals surface area contributed by atoms with Crippen molar-refractivity contribution in [1.82, 2.24) is 15.6 Å². The molecule has 0 spiro atoms. The second-order valence-electron chi connectivity index (χ2n) is 7.06. The van der Waals surface area contributed by atoms with Gasteiger partial charge in [0.2, 0.25) is 0 Å². The molecular weight excluding hydrogens is 408 g/mol. The highest BCUT2D eigenvalue weighted by Gasteiger charge is 2.11. The van der Waals surface area contributed by atoms with Crippen LogP contribution in [0.4, 0.5) is 0 Å². The number of hydrogen-bond acceptors (Lipinski definition) is 6. The van der Waals surface area contributed by atoms with Crippen molar-refractivity contribution >= 4 is 12.1 Å². The number of H-pyrrole nitrogens is 1. The van der Waals surface area contributed by atoms with Crippen molar-refractivity contribution in [2.45, 2.75) is 26.2 Å². The molecule has 0 aliphatic rings. The molecule has 1 heterocycles. The van der Waals surface area contributed by atoms with E-state index in [1.165, 1.54) is 12.6 Å². The number of ether oxygens (including phenoxy) is 3. The molecule has 168 valence electrons. The number of nitrogens with one attached hydrogen (secondary N) is 2. The van der Waals surface area contributed by atoms with Crippen molar-refractivity contribution in [1.29, 1.82) is 0 Å². The summed E-state index contributed by atoms with van der Waals surface area (Å²) in [6.45, 7) is 2.88. The summed E-state index contributed by atoms with van der Waals surface area (Å²) < 4.78 is 16.2. The maximum Gasteiger partial charge on any atom is 0.289 e. The predicted octanol–water partition coefficient (Wildman–Crippen LogP) is 4.43. The summed E-state index contributed by atoms with van der Waals surface area (Å²) in [5, 5.41) is 11.0. The molecule has 0 aliphatic heterocycles. The smallest absolute Gasteiger partial charge is 0.289 e. The summed E-state index contributed by atoms with van der Waals surface area (Å²) in [6, 6.07) is 14.7. The van der Waals surface area contributed by atoms with Crippen LogP contribution in [-0.2, 0) is 0 Å². The van der Waals surface area contributed by atoms with Crippen LogP contribution in [0.2, 0.25) is 0 Å². The highest BCUT2D eigenvalue weighted by Crippen LogP contribution is 2.27. The third-order valence-corrected chi connectivity index (χ3v) is 4.78. The summed E-state index contributed by atoms with van der Waals surface area (Å²) >= 11 is 0. The molecule has 3 aromatic rings. The first-order valence-electron chi connectivity index (χ1n) is 10.5. The van der Waals surface area contributed by atoms with E-state index in [2.05, 4.69) is 27.6 Å². The number of amides is 1. The van der Waals surface area contributed by atoms with Gasteiger partial charge in [0, 0.05) is 5.56 Å². The molecule has 2 aromatic carbocycles. The van der Waals surface area contributed by atoms with Crippen LogP contribution in [-0.4, -0.2) is 43.1 Å². The van der Waals surface area contributed by atoms with Crippen LogP contribution in [0, 0.1) is 0 Å². The predicted molar refractivity (Wildman–Crippen MR) is 124 cm³/mol. The van der Waals surface area contributed by atoms with Crippen molar-refractivity contribution in [3.8, 4) is 28.5 Å². The van der Waals surface area contributed by atoms with Gasteiger partial charge in [-0.05, 0) is 60.5 Å². The number of aromatic amines is 1. The van der Waals surface area contributed by atoms with Gasteiger partial charge >= 0.3 is 0 Å². The number of nitrogens with zero attached hydrogens (tertiary/aromatic N) is 2. The molecule has 2 N–H and O–H groups in total. The van der Waals surface area contributed by atoms with Crippen molar-refractivity contribution in [2.75, 3.05) is 20.8 Å². The van der Waals surface area contributed by atoms with Crippen molar-refractivity contribution in [3.63, 3.8) is 0 Å². The Morgan fingerprint density at radius 2 is 1.84 bits per heavy atom. The lowest BCUT2D eigenvalue weighted by atomic mass is 10.1. The fraction of sp³-hybridized carbons (Fsp3) is 0.292. The fourth-order valence-corrected chi connectivity index (χ4v) is 3.01. The number of unbranched alkanes of at least 4 members (excludes halogenated alkanes) is 2. The first-order chi connectivity index (χ1) is 15.6. The Hall–Kier alpha value is -3.81. The molecule has 3 rings (SSSR count). The summed E-state index contributed by atoms with van der Waals surface area (Å²) in [4.78, 5) is 12.4. The highest BCUT2D eigenvalue weighted by atomic mass is 16.5. The molecular formula is C24H28N4O4. The largest absolute Gasteiger partial charge is 0.494 e. The molecule has 1 amide bonds. The first kappa shape index (κ1) is 22.9. The van der Waals surface area contributed by atoms with E-state index >= 15 is 0 Å². The number of benzene rings is 2. The van der Waals surface area contributed by atoms with Gasteiger partial charge in [-0.3, -0.25) is 9.89 Å². The maximum atomic E-state index is 12.4. The van der Waals surface area contributed by atoms with Crippen LogP contribution in [0.25, 0.3) is 11.3 Å². The van der Waals surface area contributed by atoms with Gasteiger partial charge < -0.3 is 14.2 Å². The van der Waals surface area contributed by atoms with E-state index in [1.807, 2.05) is 30.3 Å². The van der Waals surface area contributed by atoms with E-state index < -0.39 is 5.91 Å². The number of methoxy groups -OCH3 is 2. The zero-order valence-electron chi connectivity index (χ0n) is 18.6. The molecule has 0 saturated carbocycles. The van der Waals surface area contributed by atoms with Gasteiger partial charge in [0.1, 0.15) is 11.4 Å². The van der Waals surface area contributed by atoms with Gasteiger partial charge in [0.25, 0.3) is 5.91 Å². The molecule has 0 fully saturated rings. The van der Waals surface area contributed by atoms with Crippen LogP contribution < -0.4 is 19.6 Å². The third-order valence-electron chi connectivity index (χ3n) is 4.78. The summed E-state index contributed by atoms with van der Waals surface area (Å²) in [5.74, 6) is 1.63. The van der Waals surface area contributed by atoms with Gasteiger partial charge in [0.05, 0.1) is 32.7 Å². The van der Waals surface area contributed by atoms with Gasteiger partial charge in [-0.25, -0.2) is 5.43 Å². The second-order valence-corrected chi connectivity index (χ2v) is 7.06. The topological polar surface area (TPSA) is 97.8 Å². The van der Waals surface area contributed by atoms with E-state index in [1.54, 1.807) is 32.4 Å². The lowest BCUT2D eigenvalue weighted by molar-refractivity contribution is 0.0950. The molecule has 8 heteroatoms. The van der Waals surface area contributed by atoms with Crippen molar-refractivity contribution in [2.24, 2.45) is 5.10 Å². The standard InChI is InChI=1S/C24H28N4O4/c1-4-5-6-13-32-19-10-8-18(9-11-19)20-15-21(27-26-20)24(29)28-25-16-17-7-12-22(30-2)23(14-17)31-3/h7-12,14-16H,4-6,13H2,1-3H3,(H,26,27)(H,28,29)/b25-16+. The fourth-order valence-electron chi connectivity index (χ4n) is 3.01. The zero-order chi connectivity index (χ0) is 22.8. The Bertz CT molecular complexity index is 1040. The molecule has 0 bridgehead atoms. The van der Waals surface area contributed by atoms with Crippen LogP contribution in [0.3, 0.4) is 0 Å². The lowest BCUT2D eigenvalue weighted by Gasteiger charge is -2.07. The molecule has 0 unspecified atom stereocenters. The number of aromatic nitrogens is 2.